The average molecular weight is 565 g/mol. The third-order valence-electron chi connectivity index (χ3n) is 6.98. The Morgan fingerprint density at radius 3 is 1.14 bits per heavy atom. The van der Waals surface area contributed by atoms with Crippen molar-refractivity contribution in [1.82, 2.24) is 0 Å². The minimum absolute atomic E-state index is 0.0371. The molecule has 8 bridgehead atoms. The first-order valence-electron chi connectivity index (χ1n) is 14.1. The Balaban J connectivity index is 1.10. The van der Waals surface area contributed by atoms with Crippen LogP contribution in [0.15, 0.2) is 84.9 Å². The number of carbonyl (C=O) groups excluding carboxylic acids is 1. The summed E-state index contributed by atoms with van der Waals surface area (Å²) < 4.78 is 34.6. The fourth-order valence-corrected chi connectivity index (χ4v) is 4.84. The summed E-state index contributed by atoms with van der Waals surface area (Å²) in [6, 6.07) is 27.1. The van der Waals surface area contributed by atoms with Gasteiger partial charge in [0.25, 0.3) is 0 Å². The van der Waals surface area contributed by atoms with Gasteiger partial charge in [-0.15, -0.1) is 0 Å². The van der Waals surface area contributed by atoms with Gasteiger partial charge < -0.3 is 28.4 Å². The first-order valence-corrected chi connectivity index (χ1v) is 14.1. The van der Waals surface area contributed by atoms with Crippen molar-refractivity contribution in [1.29, 1.82) is 0 Å². The molecule has 8 rings (SSSR count). The van der Waals surface area contributed by atoms with Crippen molar-refractivity contribution in [3.05, 3.63) is 107 Å². The summed E-state index contributed by atoms with van der Waals surface area (Å²) in [6.45, 7) is 3.33. The van der Waals surface area contributed by atoms with Crippen LogP contribution in [-0.4, -0.2) is 58.6 Å². The van der Waals surface area contributed by atoms with Crippen molar-refractivity contribution < 1.29 is 33.2 Å². The monoisotopic (exact) mass is 564 g/mol. The van der Waals surface area contributed by atoms with Crippen molar-refractivity contribution in [2.75, 3.05) is 52.9 Å². The Hall–Kier alpha value is -4.59. The quantitative estimate of drug-likeness (QED) is 0.218. The maximum Gasteiger partial charge on any atom is 0.194 e. The highest BCUT2D eigenvalue weighted by Gasteiger charge is 2.27. The Bertz CT molecular complexity index is 1430. The largest absolute Gasteiger partial charge is 0.491 e. The maximum absolute atomic E-state index is 13.2. The highest BCUT2D eigenvalue weighted by Crippen LogP contribution is 2.39. The smallest absolute Gasteiger partial charge is 0.194 e. The topological polar surface area (TPSA) is 72.5 Å². The molecule has 214 valence electrons. The van der Waals surface area contributed by atoms with E-state index in [1.54, 1.807) is 12.1 Å². The Morgan fingerprint density at radius 2 is 0.738 bits per heavy atom. The molecule has 0 aromatic heterocycles. The van der Waals surface area contributed by atoms with Crippen LogP contribution in [0.1, 0.15) is 27.0 Å². The zero-order chi connectivity index (χ0) is 28.6. The Labute approximate surface area is 245 Å². The molecule has 3 aliphatic heterocycles. The van der Waals surface area contributed by atoms with Gasteiger partial charge in [0.2, 0.25) is 0 Å². The second kappa shape index (κ2) is 13.4. The van der Waals surface area contributed by atoms with Crippen LogP contribution in [0.4, 0.5) is 0 Å². The summed E-state index contributed by atoms with van der Waals surface area (Å²) in [5.41, 5.74) is 5.21. The lowest BCUT2D eigenvalue weighted by atomic mass is 10.1. The Kier molecular flexibility index (Phi) is 8.78. The predicted molar refractivity (Wildman–Crippen MR) is 161 cm³/mol. The lowest BCUT2D eigenvalue weighted by Gasteiger charge is -2.10. The van der Waals surface area contributed by atoms with Crippen LogP contribution in [-0.2, 0) is 9.47 Å². The van der Waals surface area contributed by atoms with Crippen LogP contribution in [0.2, 0.25) is 0 Å². The van der Waals surface area contributed by atoms with Crippen molar-refractivity contribution in [2.24, 2.45) is 0 Å². The van der Waals surface area contributed by atoms with Crippen molar-refractivity contribution in [3.8, 4) is 34.1 Å². The van der Waals surface area contributed by atoms with Crippen LogP contribution < -0.4 is 18.9 Å². The van der Waals surface area contributed by atoms with Gasteiger partial charge in [0, 0.05) is 11.1 Å². The molecule has 1 aliphatic carbocycles. The Morgan fingerprint density at radius 1 is 0.381 bits per heavy atom. The average Bonchev–Trinajstić information content (AvgIpc) is 3.30. The van der Waals surface area contributed by atoms with Gasteiger partial charge in [-0.2, -0.15) is 0 Å². The van der Waals surface area contributed by atoms with E-state index in [9.17, 15) is 4.79 Å². The summed E-state index contributed by atoms with van der Waals surface area (Å²) in [6.07, 6.45) is 4.12. The summed E-state index contributed by atoms with van der Waals surface area (Å²) in [5, 5.41) is 0. The number of rotatable bonds is 0. The SMILES string of the molecule is O=C1c2cc3ccc2-c2ccc(cc21)OCCOCCOc1ccc(cc1)/C=C\c1ccc(cc1)OCCOCCO3. The van der Waals surface area contributed by atoms with E-state index in [0.717, 1.165) is 33.8 Å². The predicted octanol–water partition coefficient (Wildman–Crippen LogP) is 6.33. The van der Waals surface area contributed by atoms with Gasteiger partial charge in [-0.05, 0) is 82.9 Å². The van der Waals surface area contributed by atoms with Crippen LogP contribution >= 0.6 is 0 Å². The molecule has 7 heteroatoms. The molecule has 0 saturated carbocycles. The number of hydrogen-bond donors (Lipinski definition) is 0. The summed E-state index contributed by atoms with van der Waals surface area (Å²) in [7, 11) is 0. The molecule has 0 amide bonds. The summed E-state index contributed by atoms with van der Waals surface area (Å²) >= 11 is 0. The first kappa shape index (κ1) is 27.6. The second-order valence-electron chi connectivity index (χ2n) is 9.83. The normalized spacial score (nSPS) is 16.6. The summed E-state index contributed by atoms with van der Waals surface area (Å²) in [5.74, 6) is 2.80. The molecule has 7 nitrogen and oxygen atoms in total. The van der Waals surface area contributed by atoms with E-state index >= 15 is 0 Å². The van der Waals surface area contributed by atoms with Crippen LogP contribution in [0, 0.1) is 0 Å². The molecule has 3 heterocycles. The molecular formula is C35H32O7. The molecule has 0 fully saturated rings. The van der Waals surface area contributed by atoms with E-state index in [1.807, 2.05) is 72.8 Å². The lowest BCUT2D eigenvalue weighted by Crippen LogP contribution is -2.12. The van der Waals surface area contributed by atoms with Crippen molar-refractivity contribution in [3.63, 3.8) is 0 Å². The number of carbonyl (C=O) groups is 1. The zero-order valence-corrected chi connectivity index (χ0v) is 23.3. The second-order valence-corrected chi connectivity index (χ2v) is 9.83. The molecule has 0 radical (unpaired) electrons. The minimum atomic E-state index is -0.0371. The van der Waals surface area contributed by atoms with Gasteiger partial charge in [0.05, 0.1) is 26.4 Å². The number of benzene rings is 4. The third kappa shape index (κ3) is 6.82. The van der Waals surface area contributed by atoms with Gasteiger partial charge in [0.1, 0.15) is 49.4 Å². The molecule has 4 aliphatic rings. The zero-order valence-electron chi connectivity index (χ0n) is 23.3. The van der Waals surface area contributed by atoms with Crippen LogP contribution in [0.3, 0.4) is 0 Å². The number of fused-ring (bicyclic) bond motifs is 3. The lowest BCUT2D eigenvalue weighted by molar-refractivity contribution is 0.0763. The highest BCUT2D eigenvalue weighted by atomic mass is 16.5. The minimum Gasteiger partial charge on any atom is -0.491 e. The van der Waals surface area contributed by atoms with E-state index in [1.165, 1.54) is 0 Å². The van der Waals surface area contributed by atoms with Gasteiger partial charge >= 0.3 is 0 Å². The fourth-order valence-electron chi connectivity index (χ4n) is 4.84. The van der Waals surface area contributed by atoms with Crippen molar-refractivity contribution in [2.45, 2.75) is 0 Å². The summed E-state index contributed by atoms with van der Waals surface area (Å²) in [4.78, 5) is 13.2. The van der Waals surface area contributed by atoms with Crippen LogP contribution in [0.25, 0.3) is 23.3 Å². The molecule has 4 aromatic carbocycles. The van der Waals surface area contributed by atoms with E-state index < -0.39 is 0 Å². The van der Waals surface area contributed by atoms with E-state index in [2.05, 4.69) is 12.2 Å². The van der Waals surface area contributed by atoms with E-state index in [-0.39, 0.29) is 5.78 Å². The molecule has 4 aromatic rings. The molecule has 0 spiro atoms. The number of ether oxygens (including phenoxy) is 6. The van der Waals surface area contributed by atoms with Crippen LogP contribution in [0.5, 0.6) is 23.0 Å². The molecule has 0 unspecified atom stereocenters. The van der Waals surface area contributed by atoms with Gasteiger partial charge in [-0.1, -0.05) is 36.4 Å². The molecule has 0 atom stereocenters. The number of ketones is 1. The molecular weight excluding hydrogens is 532 g/mol. The van der Waals surface area contributed by atoms with E-state index in [4.69, 9.17) is 28.4 Å². The molecule has 42 heavy (non-hydrogen) atoms. The van der Waals surface area contributed by atoms with Gasteiger partial charge in [0.15, 0.2) is 5.78 Å². The highest BCUT2D eigenvalue weighted by molar-refractivity contribution is 6.22. The fraction of sp³-hybridized carbons (Fsp3) is 0.229. The molecule has 0 saturated heterocycles. The van der Waals surface area contributed by atoms with Gasteiger partial charge in [-0.25, -0.2) is 0 Å². The maximum atomic E-state index is 13.2. The standard InChI is InChI=1S/C35H32O7/c36-35-33-23-29-11-13-31(33)32-14-12-30(24-34(32)35)42-22-18-38-16-20-40-28-9-5-26(6-10-28)2-1-25-3-7-27(8-4-25)39-19-15-37-17-21-41-29/h1-14,23-24H,15-22H2/b2-1-. The van der Waals surface area contributed by atoms with Gasteiger partial charge in [-0.3, -0.25) is 4.79 Å². The first-order chi connectivity index (χ1) is 20.7. The van der Waals surface area contributed by atoms with E-state index in [0.29, 0.717) is 75.5 Å². The molecule has 0 N–H and O–H groups in total. The third-order valence-corrected chi connectivity index (χ3v) is 6.98. The number of hydrogen-bond acceptors (Lipinski definition) is 7. The van der Waals surface area contributed by atoms with Crippen molar-refractivity contribution >= 4 is 17.9 Å².